The van der Waals surface area contributed by atoms with Crippen LogP contribution in [0.4, 0.5) is 0 Å². The summed E-state index contributed by atoms with van der Waals surface area (Å²) in [6.07, 6.45) is 14.3. The molecule has 4 aliphatic rings. The summed E-state index contributed by atoms with van der Waals surface area (Å²) in [5.41, 5.74) is 2.91. The van der Waals surface area contributed by atoms with Crippen LogP contribution in [0.5, 0.6) is 0 Å². The average Bonchev–Trinajstić information content (AvgIpc) is 3.47. The van der Waals surface area contributed by atoms with Gasteiger partial charge in [0.1, 0.15) is 0 Å². The molecule has 2 heterocycles. The van der Waals surface area contributed by atoms with E-state index in [9.17, 15) is 4.79 Å². The molecule has 6 heteroatoms. The summed E-state index contributed by atoms with van der Waals surface area (Å²) in [5, 5.41) is 12.5. The maximum absolute atomic E-state index is 13.4. The number of rotatable bonds is 7. The van der Waals surface area contributed by atoms with Crippen molar-refractivity contribution < 1.29 is 4.79 Å². The third-order valence-corrected chi connectivity index (χ3v) is 7.93. The van der Waals surface area contributed by atoms with Crippen LogP contribution >= 0.6 is 0 Å². The minimum Gasteiger partial charge on any atom is -0.352 e. The maximum Gasteiger partial charge on any atom is 0.254 e. The molecule has 4 aliphatic carbocycles. The SMILES string of the molecule is O=C(NCCCn1cccn1)c1cn(-c2ccccc2)nc1C12CC3CC(CC(C3)C1)C2. The number of nitrogens with one attached hydrogen (secondary N) is 1. The number of carbonyl (C=O) groups excluding carboxylic acids is 1. The highest BCUT2D eigenvalue weighted by atomic mass is 16.1. The quantitative estimate of drug-likeness (QED) is 0.568. The number of nitrogens with zero attached hydrogens (tertiary/aromatic N) is 4. The van der Waals surface area contributed by atoms with Crippen LogP contribution in [0.3, 0.4) is 0 Å². The lowest BCUT2D eigenvalue weighted by Gasteiger charge is -2.56. The first-order valence-electron chi connectivity index (χ1n) is 12.1. The fraction of sp³-hybridized carbons (Fsp3) is 0.500. The Balaban J connectivity index is 1.28. The first-order valence-corrected chi connectivity index (χ1v) is 12.1. The lowest BCUT2D eigenvalue weighted by molar-refractivity contribution is -0.00770. The lowest BCUT2D eigenvalue weighted by atomic mass is 9.48. The smallest absolute Gasteiger partial charge is 0.254 e. The number of para-hydroxylation sites is 1. The number of carbonyl (C=O) groups is 1. The Kier molecular flexibility index (Phi) is 4.89. The molecule has 4 fully saturated rings. The molecule has 1 aromatic carbocycles. The third-order valence-electron chi connectivity index (χ3n) is 7.93. The summed E-state index contributed by atoms with van der Waals surface area (Å²) in [7, 11) is 0. The molecule has 166 valence electrons. The van der Waals surface area contributed by atoms with E-state index in [0.29, 0.717) is 6.54 Å². The van der Waals surface area contributed by atoms with Crippen molar-refractivity contribution in [3.05, 3.63) is 66.2 Å². The van der Waals surface area contributed by atoms with Crippen molar-refractivity contribution in [1.29, 1.82) is 0 Å². The van der Waals surface area contributed by atoms with Crippen molar-refractivity contribution in [2.75, 3.05) is 6.54 Å². The number of hydrogen-bond acceptors (Lipinski definition) is 3. The normalized spacial score (nSPS) is 28.2. The monoisotopic (exact) mass is 429 g/mol. The van der Waals surface area contributed by atoms with E-state index < -0.39 is 0 Å². The van der Waals surface area contributed by atoms with Gasteiger partial charge in [0.15, 0.2) is 0 Å². The fourth-order valence-corrected chi connectivity index (χ4v) is 7.02. The molecule has 3 aromatic rings. The van der Waals surface area contributed by atoms with Gasteiger partial charge in [0.25, 0.3) is 5.91 Å². The van der Waals surface area contributed by atoms with E-state index in [-0.39, 0.29) is 11.3 Å². The Morgan fingerprint density at radius 2 is 1.75 bits per heavy atom. The molecule has 0 aliphatic heterocycles. The molecule has 4 saturated carbocycles. The van der Waals surface area contributed by atoms with E-state index >= 15 is 0 Å². The number of benzene rings is 1. The predicted octanol–water partition coefficient (Wildman–Crippen LogP) is 4.36. The highest BCUT2D eigenvalue weighted by Crippen LogP contribution is 2.60. The molecule has 7 rings (SSSR count). The van der Waals surface area contributed by atoms with Crippen molar-refractivity contribution in [1.82, 2.24) is 24.9 Å². The van der Waals surface area contributed by atoms with Gasteiger partial charge in [-0.05, 0) is 80.9 Å². The van der Waals surface area contributed by atoms with Gasteiger partial charge in [-0.25, -0.2) is 4.68 Å². The Bertz CT molecular complexity index is 1050. The molecule has 0 atom stereocenters. The summed E-state index contributed by atoms with van der Waals surface area (Å²) in [6.45, 7) is 1.44. The Labute approximate surface area is 189 Å². The summed E-state index contributed by atoms with van der Waals surface area (Å²) in [6, 6.07) is 12.1. The van der Waals surface area contributed by atoms with Crippen molar-refractivity contribution >= 4 is 5.91 Å². The van der Waals surface area contributed by atoms with Crippen LogP contribution in [0.1, 0.15) is 61.0 Å². The van der Waals surface area contributed by atoms with E-state index in [1.165, 1.54) is 38.5 Å². The molecule has 0 radical (unpaired) electrons. The Morgan fingerprint density at radius 1 is 1.03 bits per heavy atom. The van der Waals surface area contributed by atoms with Gasteiger partial charge in [0.2, 0.25) is 0 Å². The summed E-state index contributed by atoms with van der Waals surface area (Å²) < 4.78 is 3.83. The molecule has 1 N–H and O–H groups in total. The van der Waals surface area contributed by atoms with Crippen LogP contribution in [0.2, 0.25) is 0 Å². The van der Waals surface area contributed by atoms with Gasteiger partial charge in [-0.3, -0.25) is 9.48 Å². The maximum atomic E-state index is 13.4. The summed E-state index contributed by atoms with van der Waals surface area (Å²) in [5.74, 6) is 2.45. The van der Waals surface area contributed by atoms with E-state index in [0.717, 1.165) is 47.7 Å². The van der Waals surface area contributed by atoms with Crippen LogP contribution in [-0.4, -0.2) is 32.0 Å². The standard InChI is InChI=1S/C26H31N5O/c32-25(27-8-4-10-30-11-5-9-28-30)23-18-31(22-6-2-1-3-7-22)29-24(23)26-15-19-12-20(16-26)14-21(13-19)17-26/h1-3,5-7,9,11,18-21H,4,8,10,12-17H2,(H,27,32). The predicted molar refractivity (Wildman–Crippen MR) is 123 cm³/mol. The fourth-order valence-electron chi connectivity index (χ4n) is 7.02. The molecule has 32 heavy (non-hydrogen) atoms. The second-order valence-electron chi connectivity index (χ2n) is 10.2. The van der Waals surface area contributed by atoms with Crippen molar-refractivity contribution in [2.24, 2.45) is 17.8 Å². The second kappa shape index (κ2) is 7.91. The highest BCUT2D eigenvalue weighted by molar-refractivity contribution is 5.95. The number of amides is 1. The topological polar surface area (TPSA) is 64.7 Å². The summed E-state index contributed by atoms with van der Waals surface area (Å²) >= 11 is 0. The molecule has 2 aromatic heterocycles. The van der Waals surface area contributed by atoms with Crippen LogP contribution in [0.15, 0.2) is 55.0 Å². The number of aromatic nitrogens is 4. The Morgan fingerprint density at radius 3 is 2.41 bits per heavy atom. The average molecular weight is 430 g/mol. The Hall–Kier alpha value is -2.89. The highest BCUT2D eigenvalue weighted by Gasteiger charge is 2.53. The molecular formula is C26H31N5O. The second-order valence-corrected chi connectivity index (χ2v) is 10.2. The zero-order valence-electron chi connectivity index (χ0n) is 18.5. The van der Waals surface area contributed by atoms with Crippen LogP contribution in [-0.2, 0) is 12.0 Å². The zero-order valence-corrected chi connectivity index (χ0v) is 18.5. The largest absolute Gasteiger partial charge is 0.352 e. The van der Waals surface area contributed by atoms with E-state index in [4.69, 9.17) is 5.10 Å². The van der Waals surface area contributed by atoms with Gasteiger partial charge >= 0.3 is 0 Å². The first kappa shape index (κ1) is 19.8. The first-order chi connectivity index (χ1) is 15.7. The van der Waals surface area contributed by atoms with Gasteiger partial charge in [0, 0.05) is 37.1 Å². The molecule has 0 spiro atoms. The minimum absolute atomic E-state index is 0.0124. The van der Waals surface area contributed by atoms with Gasteiger partial charge in [-0.2, -0.15) is 10.2 Å². The molecule has 0 unspecified atom stereocenters. The summed E-state index contributed by atoms with van der Waals surface area (Å²) in [4.78, 5) is 13.4. The van der Waals surface area contributed by atoms with Gasteiger partial charge in [0.05, 0.1) is 16.9 Å². The minimum atomic E-state index is 0.0124. The van der Waals surface area contributed by atoms with Crippen LogP contribution in [0.25, 0.3) is 5.69 Å². The van der Waals surface area contributed by atoms with E-state index in [1.807, 2.05) is 46.0 Å². The van der Waals surface area contributed by atoms with E-state index in [1.54, 1.807) is 6.20 Å². The van der Waals surface area contributed by atoms with Gasteiger partial charge in [-0.15, -0.1) is 0 Å². The lowest BCUT2D eigenvalue weighted by Crippen LogP contribution is -2.49. The van der Waals surface area contributed by atoms with Gasteiger partial charge in [-0.1, -0.05) is 18.2 Å². The third kappa shape index (κ3) is 3.55. The van der Waals surface area contributed by atoms with Crippen molar-refractivity contribution in [2.45, 2.75) is 56.9 Å². The molecule has 0 saturated heterocycles. The van der Waals surface area contributed by atoms with Gasteiger partial charge < -0.3 is 5.32 Å². The molecule has 6 nitrogen and oxygen atoms in total. The van der Waals surface area contributed by atoms with Crippen LogP contribution < -0.4 is 5.32 Å². The molecule has 1 amide bonds. The number of hydrogen-bond donors (Lipinski definition) is 1. The van der Waals surface area contributed by atoms with Crippen molar-refractivity contribution in [3.63, 3.8) is 0 Å². The molecule has 4 bridgehead atoms. The zero-order chi connectivity index (χ0) is 21.5. The molecular weight excluding hydrogens is 398 g/mol. The van der Waals surface area contributed by atoms with E-state index in [2.05, 4.69) is 22.5 Å². The van der Waals surface area contributed by atoms with Crippen molar-refractivity contribution in [3.8, 4) is 5.69 Å². The van der Waals surface area contributed by atoms with Crippen LogP contribution in [0, 0.1) is 17.8 Å². The number of aryl methyl sites for hydroxylation is 1.